The summed E-state index contributed by atoms with van der Waals surface area (Å²) >= 11 is 9.80. The number of fused-ring (bicyclic) bond motifs is 2. The molecule has 1 aromatic rings. The molecule has 1 saturated carbocycles. The summed E-state index contributed by atoms with van der Waals surface area (Å²) in [5.41, 5.74) is 0.708. The normalized spacial score (nSPS) is 22.9. The first-order valence-corrected chi connectivity index (χ1v) is 6.72. The van der Waals surface area contributed by atoms with Crippen LogP contribution in [0.5, 0.6) is 0 Å². The van der Waals surface area contributed by atoms with Crippen LogP contribution >= 0.6 is 27.5 Å². The summed E-state index contributed by atoms with van der Waals surface area (Å²) in [6.07, 6.45) is 7.57. The smallest absolute Gasteiger partial charge is 0.157 e. The molecule has 2 heterocycles. The Morgan fingerprint density at radius 3 is 2.88 bits per heavy atom. The van der Waals surface area contributed by atoms with E-state index in [9.17, 15) is 0 Å². The molecule has 0 amide bonds. The van der Waals surface area contributed by atoms with Gasteiger partial charge in [0, 0.05) is 23.4 Å². The minimum Gasteiger partial charge on any atom is -0.240 e. The SMILES string of the molecule is [2H]C1=Nc2ncc(Br)c(Cl)c2C12CCCCC2. The summed E-state index contributed by atoms with van der Waals surface area (Å²) in [5.74, 6) is 0.644. The summed E-state index contributed by atoms with van der Waals surface area (Å²) in [5, 5.41) is 0.683. The number of hydrogen-bond acceptors (Lipinski definition) is 2. The number of hydrogen-bond donors (Lipinski definition) is 0. The predicted octanol–water partition coefficient (Wildman–Crippen LogP) is 4.42. The van der Waals surface area contributed by atoms with E-state index in [4.69, 9.17) is 13.0 Å². The van der Waals surface area contributed by atoms with E-state index in [1.807, 2.05) is 0 Å². The highest BCUT2D eigenvalue weighted by Crippen LogP contribution is 2.49. The molecule has 1 fully saturated rings. The van der Waals surface area contributed by atoms with Crippen molar-refractivity contribution in [1.82, 2.24) is 4.98 Å². The van der Waals surface area contributed by atoms with E-state index in [0.717, 1.165) is 35.7 Å². The molecule has 2 nitrogen and oxygen atoms in total. The molecule has 2 aliphatic rings. The van der Waals surface area contributed by atoms with Crippen molar-refractivity contribution in [2.75, 3.05) is 0 Å². The van der Waals surface area contributed by atoms with Crippen LogP contribution in [0.1, 0.15) is 39.0 Å². The minimum absolute atomic E-state index is 0.262. The fraction of sp³-hybridized carbons (Fsp3) is 0.500. The molecule has 1 spiro atoms. The van der Waals surface area contributed by atoms with Gasteiger partial charge in [-0.05, 0) is 28.8 Å². The quantitative estimate of drug-likeness (QED) is 0.696. The molecule has 4 heteroatoms. The Morgan fingerprint density at radius 1 is 1.38 bits per heavy atom. The fourth-order valence-electron chi connectivity index (χ4n) is 2.70. The maximum Gasteiger partial charge on any atom is 0.157 e. The molecule has 0 N–H and O–H groups in total. The predicted molar refractivity (Wildman–Crippen MR) is 69.9 cm³/mol. The summed E-state index contributed by atoms with van der Waals surface area (Å²) in [4.78, 5) is 8.58. The van der Waals surface area contributed by atoms with Crippen molar-refractivity contribution < 1.29 is 1.37 Å². The molecule has 0 bridgehead atoms. The third-order valence-electron chi connectivity index (χ3n) is 3.51. The lowest BCUT2D eigenvalue weighted by molar-refractivity contribution is 0.391. The molecule has 1 aliphatic heterocycles. The van der Waals surface area contributed by atoms with Crippen molar-refractivity contribution in [3.05, 3.63) is 21.3 Å². The molecular formula is C12H12BrClN2. The summed E-state index contributed by atoms with van der Waals surface area (Å²) in [6, 6.07) is 0. The van der Waals surface area contributed by atoms with Crippen LogP contribution in [-0.2, 0) is 5.41 Å². The second-order valence-electron chi connectivity index (χ2n) is 4.49. The lowest BCUT2D eigenvalue weighted by atomic mass is 9.71. The highest BCUT2D eigenvalue weighted by atomic mass is 79.9. The van der Waals surface area contributed by atoms with Crippen LogP contribution in [0.4, 0.5) is 5.82 Å². The highest BCUT2D eigenvalue weighted by molar-refractivity contribution is 9.10. The van der Waals surface area contributed by atoms with Gasteiger partial charge in [0.25, 0.3) is 0 Å². The van der Waals surface area contributed by atoms with E-state index in [2.05, 4.69) is 25.9 Å². The number of aliphatic imine (C=N–C) groups is 1. The molecular weight excluding hydrogens is 288 g/mol. The van der Waals surface area contributed by atoms with Crippen LogP contribution in [0.3, 0.4) is 0 Å². The largest absolute Gasteiger partial charge is 0.240 e. The van der Waals surface area contributed by atoms with Crippen LogP contribution in [-0.4, -0.2) is 11.2 Å². The van der Waals surface area contributed by atoms with Crippen molar-refractivity contribution in [3.8, 4) is 0 Å². The van der Waals surface area contributed by atoms with Crippen LogP contribution in [0, 0.1) is 0 Å². The second-order valence-corrected chi connectivity index (χ2v) is 5.72. The zero-order chi connectivity index (χ0) is 12.0. The van der Waals surface area contributed by atoms with Gasteiger partial charge in [-0.15, -0.1) is 0 Å². The van der Waals surface area contributed by atoms with Gasteiger partial charge in [-0.25, -0.2) is 9.98 Å². The summed E-state index contributed by atoms with van der Waals surface area (Å²) in [6.45, 7) is 0. The zero-order valence-corrected chi connectivity index (χ0v) is 11.1. The standard InChI is InChI=1S/C12H12BrClN2/c13-8-6-15-11-9(10(8)14)12(7-16-11)4-2-1-3-5-12/h6-7H,1-5H2/i7D. The fourth-order valence-corrected chi connectivity index (χ4v) is 3.31. The molecule has 0 saturated heterocycles. The lowest BCUT2D eigenvalue weighted by Crippen LogP contribution is -2.28. The third-order valence-corrected chi connectivity index (χ3v) is 4.74. The van der Waals surface area contributed by atoms with Gasteiger partial charge in [0.15, 0.2) is 5.82 Å². The van der Waals surface area contributed by atoms with E-state index in [1.165, 1.54) is 6.42 Å². The van der Waals surface area contributed by atoms with E-state index >= 15 is 0 Å². The zero-order valence-electron chi connectivity index (χ0n) is 9.76. The maximum atomic E-state index is 8.16. The number of nitrogens with zero attached hydrogens (tertiary/aromatic N) is 2. The van der Waals surface area contributed by atoms with Gasteiger partial charge in [-0.1, -0.05) is 30.9 Å². The van der Waals surface area contributed by atoms with E-state index in [-0.39, 0.29) is 5.41 Å². The monoisotopic (exact) mass is 299 g/mol. The van der Waals surface area contributed by atoms with Crippen LogP contribution in [0.25, 0.3) is 0 Å². The third kappa shape index (κ3) is 1.45. The molecule has 1 aromatic heterocycles. The molecule has 16 heavy (non-hydrogen) atoms. The van der Waals surface area contributed by atoms with Gasteiger partial charge in [0.2, 0.25) is 0 Å². The number of aromatic nitrogens is 1. The molecule has 0 unspecified atom stereocenters. The Labute approximate surface area is 110 Å². The van der Waals surface area contributed by atoms with Crippen molar-refractivity contribution in [2.45, 2.75) is 37.5 Å². The Balaban J connectivity index is 2.21. The lowest BCUT2D eigenvalue weighted by Gasteiger charge is -2.32. The average molecular weight is 301 g/mol. The minimum atomic E-state index is -0.262. The van der Waals surface area contributed by atoms with E-state index in [0.29, 0.717) is 17.0 Å². The van der Waals surface area contributed by atoms with Crippen molar-refractivity contribution in [1.29, 1.82) is 0 Å². The molecule has 0 radical (unpaired) electrons. The maximum absolute atomic E-state index is 8.16. The van der Waals surface area contributed by atoms with Gasteiger partial charge < -0.3 is 0 Å². The van der Waals surface area contributed by atoms with E-state index in [1.54, 1.807) is 6.20 Å². The molecule has 84 valence electrons. The van der Waals surface area contributed by atoms with Crippen LogP contribution in [0.2, 0.25) is 5.02 Å². The first-order chi connectivity index (χ1) is 8.15. The highest BCUT2D eigenvalue weighted by Gasteiger charge is 2.40. The topological polar surface area (TPSA) is 25.2 Å². The number of rotatable bonds is 0. The number of halogens is 2. The van der Waals surface area contributed by atoms with Crippen LogP contribution in [0.15, 0.2) is 15.7 Å². The van der Waals surface area contributed by atoms with Gasteiger partial charge >= 0.3 is 0 Å². The van der Waals surface area contributed by atoms with Crippen molar-refractivity contribution >= 4 is 39.5 Å². The van der Waals surface area contributed by atoms with Gasteiger partial charge in [-0.2, -0.15) is 0 Å². The Kier molecular flexibility index (Phi) is 2.29. The first-order valence-electron chi connectivity index (χ1n) is 6.05. The molecule has 1 aliphatic carbocycles. The van der Waals surface area contributed by atoms with Gasteiger partial charge in [0.1, 0.15) is 0 Å². The molecule has 0 atom stereocenters. The average Bonchev–Trinajstić information content (AvgIpc) is 2.60. The van der Waals surface area contributed by atoms with Crippen molar-refractivity contribution in [2.24, 2.45) is 4.99 Å². The van der Waals surface area contributed by atoms with Crippen molar-refractivity contribution in [3.63, 3.8) is 0 Å². The molecule has 3 rings (SSSR count). The van der Waals surface area contributed by atoms with E-state index < -0.39 is 0 Å². The number of pyridine rings is 1. The van der Waals surface area contributed by atoms with Gasteiger partial charge in [-0.3, -0.25) is 0 Å². The second kappa shape index (κ2) is 3.81. The van der Waals surface area contributed by atoms with Crippen LogP contribution < -0.4 is 0 Å². The summed E-state index contributed by atoms with van der Waals surface area (Å²) in [7, 11) is 0. The Morgan fingerprint density at radius 2 is 2.12 bits per heavy atom. The molecule has 0 aromatic carbocycles. The first kappa shape index (κ1) is 9.60. The Bertz CT molecular complexity index is 509. The summed E-state index contributed by atoms with van der Waals surface area (Å²) < 4.78 is 8.96. The van der Waals surface area contributed by atoms with Gasteiger partial charge in [0.05, 0.1) is 10.9 Å². The Hall–Kier alpha value is -0.410.